The van der Waals surface area contributed by atoms with Crippen LogP contribution in [0.2, 0.25) is 0 Å². The Morgan fingerprint density at radius 1 is 1.24 bits per heavy atom. The van der Waals surface area contributed by atoms with Gasteiger partial charge in [-0.05, 0) is 19.8 Å². The molecule has 2 heterocycles. The van der Waals surface area contributed by atoms with E-state index in [2.05, 4.69) is 15.3 Å². The Labute approximate surface area is 125 Å². The lowest BCUT2D eigenvalue weighted by Gasteiger charge is -2.33. The second-order valence-corrected chi connectivity index (χ2v) is 5.46. The van der Waals surface area contributed by atoms with Crippen LogP contribution in [0.25, 0.3) is 0 Å². The van der Waals surface area contributed by atoms with Gasteiger partial charge in [0.2, 0.25) is 11.8 Å². The quantitative estimate of drug-likeness (QED) is 0.904. The maximum absolute atomic E-state index is 12.8. The normalized spacial score (nSPS) is 18.3. The zero-order valence-corrected chi connectivity index (χ0v) is 12.8. The van der Waals surface area contributed by atoms with E-state index in [4.69, 9.17) is 0 Å². The molecular formula is C15H22N4O2. The Morgan fingerprint density at radius 2 is 1.95 bits per heavy atom. The monoisotopic (exact) mass is 290 g/mol. The molecule has 114 valence electrons. The number of amides is 2. The minimum atomic E-state index is -0.786. The van der Waals surface area contributed by atoms with Crippen molar-refractivity contribution >= 4 is 11.8 Å². The van der Waals surface area contributed by atoms with Crippen LogP contribution in [0.4, 0.5) is 0 Å². The van der Waals surface area contributed by atoms with E-state index in [0.29, 0.717) is 32.4 Å². The minimum Gasteiger partial charge on any atom is -0.342 e. The number of rotatable bonds is 4. The number of hydrogen-bond acceptors (Lipinski definition) is 4. The molecule has 0 spiro atoms. The van der Waals surface area contributed by atoms with Gasteiger partial charge in [0, 0.05) is 19.2 Å². The van der Waals surface area contributed by atoms with E-state index in [1.807, 2.05) is 20.8 Å². The summed E-state index contributed by atoms with van der Waals surface area (Å²) in [4.78, 5) is 34.9. The molecule has 21 heavy (non-hydrogen) atoms. The third kappa shape index (κ3) is 3.20. The Kier molecular flexibility index (Phi) is 4.55. The van der Waals surface area contributed by atoms with Gasteiger partial charge in [0.25, 0.3) is 0 Å². The van der Waals surface area contributed by atoms with Gasteiger partial charge in [0.05, 0.1) is 24.1 Å². The molecule has 0 atom stereocenters. The van der Waals surface area contributed by atoms with Crippen molar-refractivity contribution in [3.8, 4) is 0 Å². The van der Waals surface area contributed by atoms with Gasteiger partial charge in [0.15, 0.2) is 0 Å². The van der Waals surface area contributed by atoms with E-state index in [9.17, 15) is 9.59 Å². The summed E-state index contributed by atoms with van der Waals surface area (Å²) in [5, 5.41) is 2.90. The molecule has 0 unspecified atom stereocenters. The van der Waals surface area contributed by atoms with Crippen molar-refractivity contribution in [2.75, 3.05) is 6.54 Å². The van der Waals surface area contributed by atoms with Crippen molar-refractivity contribution in [3.05, 3.63) is 23.8 Å². The first-order valence-corrected chi connectivity index (χ1v) is 7.38. The second-order valence-electron chi connectivity index (χ2n) is 5.46. The van der Waals surface area contributed by atoms with Crippen LogP contribution in [0.1, 0.15) is 44.5 Å². The SMILES string of the molecule is CCC1(CC)NC(=O)CCN(Cc2cnc(C)cn2)C1=O. The first-order chi connectivity index (χ1) is 10.0. The first kappa shape index (κ1) is 15.4. The largest absolute Gasteiger partial charge is 0.342 e. The molecule has 1 N–H and O–H groups in total. The smallest absolute Gasteiger partial charge is 0.248 e. The standard InChI is InChI=1S/C15H22N4O2/c1-4-15(5-2)14(21)19(7-6-13(20)18-15)10-12-9-16-11(3)8-17-12/h8-9H,4-7,10H2,1-3H3,(H,18,20). The summed E-state index contributed by atoms with van der Waals surface area (Å²) in [6, 6.07) is 0. The van der Waals surface area contributed by atoms with E-state index in [0.717, 1.165) is 11.4 Å². The fourth-order valence-electron chi connectivity index (χ4n) is 2.60. The van der Waals surface area contributed by atoms with Gasteiger partial charge in [-0.25, -0.2) is 0 Å². The van der Waals surface area contributed by atoms with E-state index in [-0.39, 0.29) is 11.8 Å². The van der Waals surface area contributed by atoms with Crippen LogP contribution in [0, 0.1) is 6.92 Å². The summed E-state index contributed by atoms with van der Waals surface area (Å²) >= 11 is 0. The lowest BCUT2D eigenvalue weighted by molar-refractivity contribution is -0.139. The molecule has 1 aromatic heterocycles. The summed E-state index contributed by atoms with van der Waals surface area (Å²) in [6.07, 6.45) is 4.87. The first-order valence-electron chi connectivity index (χ1n) is 7.38. The van der Waals surface area contributed by atoms with Crippen LogP contribution < -0.4 is 5.32 Å². The van der Waals surface area contributed by atoms with Gasteiger partial charge in [0.1, 0.15) is 5.54 Å². The number of hydrogen-bond donors (Lipinski definition) is 1. The molecule has 1 aromatic rings. The molecule has 2 amide bonds. The fourth-order valence-corrected chi connectivity index (χ4v) is 2.60. The molecular weight excluding hydrogens is 268 g/mol. The number of nitrogens with zero attached hydrogens (tertiary/aromatic N) is 3. The van der Waals surface area contributed by atoms with Crippen molar-refractivity contribution in [1.82, 2.24) is 20.2 Å². The molecule has 0 radical (unpaired) electrons. The predicted octanol–water partition coefficient (Wildman–Crippen LogP) is 1.19. The highest BCUT2D eigenvalue weighted by Crippen LogP contribution is 2.22. The Balaban J connectivity index is 2.23. The van der Waals surface area contributed by atoms with Gasteiger partial charge >= 0.3 is 0 Å². The minimum absolute atomic E-state index is 0.0271. The molecule has 1 aliphatic rings. The molecule has 6 nitrogen and oxygen atoms in total. The maximum Gasteiger partial charge on any atom is 0.248 e. The Bertz CT molecular complexity index is 523. The van der Waals surface area contributed by atoms with Crippen molar-refractivity contribution < 1.29 is 9.59 Å². The number of carbonyl (C=O) groups excluding carboxylic acids is 2. The molecule has 1 aliphatic heterocycles. The van der Waals surface area contributed by atoms with Gasteiger partial charge in [-0.1, -0.05) is 13.8 Å². The molecule has 2 rings (SSSR count). The molecule has 1 saturated heterocycles. The summed E-state index contributed by atoms with van der Waals surface area (Å²) in [5.74, 6) is -0.0923. The number of aryl methyl sites for hydroxylation is 1. The summed E-state index contributed by atoms with van der Waals surface area (Å²) in [7, 11) is 0. The van der Waals surface area contributed by atoms with Gasteiger partial charge in [-0.3, -0.25) is 19.6 Å². The highest BCUT2D eigenvalue weighted by Gasteiger charge is 2.41. The summed E-state index contributed by atoms with van der Waals surface area (Å²) < 4.78 is 0. The van der Waals surface area contributed by atoms with E-state index in [1.165, 1.54) is 0 Å². The van der Waals surface area contributed by atoms with Crippen molar-refractivity contribution in [2.45, 2.75) is 52.1 Å². The molecule has 0 aromatic carbocycles. The van der Waals surface area contributed by atoms with Gasteiger partial charge < -0.3 is 10.2 Å². The third-order valence-corrected chi connectivity index (χ3v) is 4.08. The van der Waals surface area contributed by atoms with Crippen LogP contribution >= 0.6 is 0 Å². The van der Waals surface area contributed by atoms with Crippen LogP contribution in [0.5, 0.6) is 0 Å². The Morgan fingerprint density at radius 3 is 2.52 bits per heavy atom. The highest BCUT2D eigenvalue weighted by molar-refractivity contribution is 5.93. The number of aromatic nitrogens is 2. The van der Waals surface area contributed by atoms with Crippen molar-refractivity contribution in [1.29, 1.82) is 0 Å². The number of nitrogens with one attached hydrogen (secondary N) is 1. The van der Waals surface area contributed by atoms with Crippen LogP contribution in [-0.2, 0) is 16.1 Å². The van der Waals surface area contributed by atoms with E-state index in [1.54, 1.807) is 17.3 Å². The summed E-state index contributed by atoms with van der Waals surface area (Å²) in [6.45, 7) is 6.54. The van der Waals surface area contributed by atoms with Gasteiger partial charge in [-0.2, -0.15) is 0 Å². The molecule has 0 bridgehead atoms. The van der Waals surface area contributed by atoms with E-state index < -0.39 is 5.54 Å². The zero-order valence-electron chi connectivity index (χ0n) is 12.8. The maximum atomic E-state index is 12.8. The molecule has 1 fully saturated rings. The Hall–Kier alpha value is -1.98. The van der Waals surface area contributed by atoms with Gasteiger partial charge in [-0.15, -0.1) is 0 Å². The summed E-state index contributed by atoms with van der Waals surface area (Å²) in [5.41, 5.74) is 0.796. The lowest BCUT2D eigenvalue weighted by Crippen LogP contribution is -2.56. The van der Waals surface area contributed by atoms with Crippen LogP contribution in [-0.4, -0.2) is 38.8 Å². The predicted molar refractivity (Wildman–Crippen MR) is 78.3 cm³/mol. The second kappa shape index (κ2) is 6.20. The van der Waals surface area contributed by atoms with Crippen molar-refractivity contribution in [2.24, 2.45) is 0 Å². The third-order valence-electron chi connectivity index (χ3n) is 4.08. The van der Waals surface area contributed by atoms with Crippen molar-refractivity contribution in [3.63, 3.8) is 0 Å². The zero-order chi connectivity index (χ0) is 15.5. The topological polar surface area (TPSA) is 75.2 Å². The molecule has 0 aliphatic carbocycles. The number of carbonyl (C=O) groups is 2. The fraction of sp³-hybridized carbons (Fsp3) is 0.600. The van der Waals surface area contributed by atoms with Crippen LogP contribution in [0.3, 0.4) is 0 Å². The highest BCUT2D eigenvalue weighted by atomic mass is 16.2. The average molecular weight is 290 g/mol. The molecule has 0 saturated carbocycles. The van der Waals surface area contributed by atoms with E-state index >= 15 is 0 Å². The molecule has 6 heteroatoms. The lowest BCUT2D eigenvalue weighted by atomic mass is 9.91. The van der Waals surface area contributed by atoms with Crippen LogP contribution in [0.15, 0.2) is 12.4 Å². The average Bonchev–Trinajstić information content (AvgIpc) is 2.61.